The van der Waals surface area contributed by atoms with Crippen LogP contribution < -0.4 is 18.9 Å². The lowest BCUT2D eigenvalue weighted by atomic mass is 10.1. The monoisotopic (exact) mass is 398 g/mol. The number of fused-ring (bicyclic) bond motifs is 1. The van der Waals surface area contributed by atoms with Gasteiger partial charge in [0.1, 0.15) is 11.5 Å². The molecule has 8 heteroatoms. The molecule has 1 saturated heterocycles. The zero-order valence-corrected chi connectivity index (χ0v) is 16.3. The van der Waals surface area contributed by atoms with E-state index in [-0.39, 0.29) is 18.6 Å². The summed E-state index contributed by atoms with van der Waals surface area (Å²) in [5, 5.41) is 0. The van der Waals surface area contributed by atoms with Gasteiger partial charge in [-0.3, -0.25) is 9.59 Å². The first-order valence-corrected chi connectivity index (χ1v) is 9.30. The van der Waals surface area contributed by atoms with Gasteiger partial charge in [0.05, 0.1) is 14.2 Å². The lowest BCUT2D eigenvalue weighted by Crippen LogP contribution is -2.50. The minimum Gasteiger partial charge on any atom is -0.497 e. The average Bonchev–Trinajstić information content (AvgIpc) is 3.25. The van der Waals surface area contributed by atoms with Crippen molar-refractivity contribution in [2.24, 2.45) is 0 Å². The van der Waals surface area contributed by atoms with Crippen LogP contribution in [0.1, 0.15) is 20.7 Å². The fraction of sp³-hybridized carbons (Fsp3) is 0.333. The van der Waals surface area contributed by atoms with Crippen molar-refractivity contribution in [3.8, 4) is 23.0 Å². The Kier molecular flexibility index (Phi) is 5.16. The van der Waals surface area contributed by atoms with Gasteiger partial charge in [0.2, 0.25) is 6.79 Å². The molecule has 0 N–H and O–H groups in total. The molecule has 0 atom stereocenters. The molecule has 0 radical (unpaired) electrons. The van der Waals surface area contributed by atoms with Gasteiger partial charge in [-0.25, -0.2) is 0 Å². The summed E-state index contributed by atoms with van der Waals surface area (Å²) >= 11 is 0. The van der Waals surface area contributed by atoms with Gasteiger partial charge in [-0.2, -0.15) is 0 Å². The predicted octanol–water partition coefficient (Wildman–Crippen LogP) is 2.03. The number of nitrogens with zero attached hydrogens (tertiary/aromatic N) is 2. The maximum Gasteiger partial charge on any atom is 0.254 e. The van der Waals surface area contributed by atoms with Gasteiger partial charge >= 0.3 is 0 Å². The highest BCUT2D eigenvalue weighted by atomic mass is 16.7. The van der Waals surface area contributed by atoms with Gasteiger partial charge in [-0.05, 0) is 30.3 Å². The van der Waals surface area contributed by atoms with Crippen LogP contribution in [0.3, 0.4) is 0 Å². The van der Waals surface area contributed by atoms with E-state index in [0.717, 1.165) is 0 Å². The van der Waals surface area contributed by atoms with Gasteiger partial charge < -0.3 is 28.7 Å². The summed E-state index contributed by atoms with van der Waals surface area (Å²) in [4.78, 5) is 29.2. The summed E-state index contributed by atoms with van der Waals surface area (Å²) in [7, 11) is 3.09. The summed E-state index contributed by atoms with van der Waals surface area (Å²) in [6.45, 7) is 1.99. The maximum atomic E-state index is 12.9. The van der Waals surface area contributed by atoms with Crippen molar-refractivity contribution in [1.82, 2.24) is 9.80 Å². The molecular weight excluding hydrogens is 376 g/mol. The fourth-order valence-corrected chi connectivity index (χ4v) is 3.44. The standard InChI is InChI=1S/C21H22N2O6/c1-26-16-9-15(10-17(12-16)27-2)21(25)23-7-5-22(6-8-23)20(24)14-3-4-18-19(11-14)29-13-28-18/h3-4,9-12H,5-8,13H2,1-2H3. The molecule has 2 amide bonds. The average molecular weight is 398 g/mol. The van der Waals surface area contributed by atoms with Crippen molar-refractivity contribution < 1.29 is 28.5 Å². The zero-order valence-electron chi connectivity index (χ0n) is 16.3. The second kappa shape index (κ2) is 7.90. The van der Waals surface area contributed by atoms with E-state index in [2.05, 4.69) is 0 Å². The minimum absolute atomic E-state index is 0.0848. The van der Waals surface area contributed by atoms with E-state index in [9.17, 15) is 9.59 Å². The van der Waals surface area contributed by atoms with Crippen molar-refractivity contribution in [1.29, 1.82) is 0 Å². The summed E-state index contributed by atoms with van der Waals surface area (Å²) in [6.07, 6.45) is 0. The Hall–Kier alpha value is -3.42. The van der Waals surface area contributed by atoms with E-state index < -0.39 is 0 Å². The summed E-state index contributed by atoms with van der Waals surface area (Å²) in [5.41, 5.74) is 1.04. The first kappa shape index (κ1) is 18.9. The number of hydrogen-bond acceptors (Lipinski definition) is 6. The molecule has 2 aromatic rings. The molecule has 0 aliphatic carbocycles. The topological polar surface area (TPSA) is 77.5 Å². The van der Waals surface area contributed by atoms with Crippen LogP contribution in [0.25, 0.3) is 0 Å². The van der Waals surface area contributed by atoms with Crippen molar-refractivity contribution in [3.05, 3.63) is 47.5 Å². The number of rotatable bonds is 4. The number of carbonyl (C=O) groups excluding carboxylic acids is 2. The largest absolute Gasteiger partial charge is 0.497 e. The molecule has 2 aliphatic rings. The highest BCUT2D eigenvalue weighted by molar-refractivity contribution is 5.96. The third-order valence-electron chi connectivity index (χ3n) is 5.07. The van der Waals surface area contributed by atoms with Crippen molar-refractivity contribution in [2.45, 2.75) is 0 Å². The summed E-state index contributed by atoms with van der Waals surface area (Å²) < 4.78 is 21.1. The van der Waals surface area contributed by atoms with Crippen molar-refractivity contribution in [2.75, 3.05) is 47.2 Å². The number of amides is 2. The van der Waals surface area contributed by atoms with Gasteiger partial charge in [-0.15, -0.1) is 0 Å². The molecule has 8 nitrogen and oxygen atoms in total. The Morgan fingerprint density at radius 1 is 0.759 bits per heavy atom. The molecule has 0 bridgehead atoms. The first-order chi connectivity index (χ1) is 14.1. The molecule has 2 aliphatic heterocycles. The third kappa shape index (κ3) is 3.78. The molecule has 0 aromatic heterocycles. The third-order valence-corrected chi connectivity index (χ3v) is 5.07. The normalized spacial score (nSPS) is 15.2. The van der Waals surface area contributed by atoms with Crippen LogP contribution in [0, 0.1) is 0 Å². The Morgan fingerprint density at radius 2 is 1.31 bits per heavy atom. The van der Waals surface area contributed by atoms with Crippen molar-refractivity contribution in [3.63, 3.8) is 0 Å². The summed E-state index contributed by atoms with van der Waals surface area (Å²) in [6, 6.07) is 10.3. The molecule has 4 rings (SSSR count). The minimum atomic E-state index is -0.114. The predicted molar refractivity (Wildman–Crippen MR) is 104 cm³/mol. The molecular formula is C21H22N2O6. The van der Waals surface area contributed by atoms with E-state index in [4.69, 9.17) is 18.9 Å². The van der Waals surface area contributed by atoms with Gasteiger partial charge in [0, 0.05) is 43.4 Å². The molecule has 2 aromatic carbocycles. The lowest BCUT2D eigenvalue weighted by Gasteiger charge is -2.35. The van der Waals surface area contributed by atoms with E-state index in [1.165, 1.54) is 0 Å². The van der Waals surface area contributed by atoms with Crippen LogP contribution in [0.4, 0.5) is 0 Å². The van der Waals surface area contributed by atoms with Crippen LogP contribution in [0.15, 0.2) is 36.4 Å². The van der Waals surface area contributed by atoms with Crippen LogP contribution in [0.2, 0.25) is 0 Å². The fourth-order valence-electron chi connectivity index (χ4n) is 3.44. The Morgan fingerprint density at radius 3 is 1.90 bits per heavy atom. The molecule has 152 valence electrons. The van der Waals surface area contributed by atoms with Crippen molar-refractivity contribution >= 4 is 11.8 Å². The second-order valence-corrected chi connectivity index (χ2v) is 6.75. The van der Waals surface area contributed by atoms with Gasteiger partial charge in [0.25, 0.3) is 11.8 Å². The highest BCUT2D eigenvalue weighted by Gasteiger charge is 2.27. The smallest absolute Gasteiger partial charge is 0.254 e. The van der Waals surface area contributed by atoms with E-state index in [1.807, 2.05) is 0 Å². The quantitative estimate of drug-likeness (QED) is 0.784. The molecule has 1 fully saturated rings. The van der Waals surface area contributed by atoms with Crippen LogP contribution in [0.5, 0.6) is 23.0 Å². The summed E-state index contributed by atoms with van der Waals surface area (Å²) in [5.74, 6) is 2.15. The van der Waals surface area contributed by atoms with Crippen LogP contribution >= 0.6 is 0 Å². The first-order valence-electron chi connectivity index (χ1n) is 9.30. The van der Waals surface area contributed by atoms with E-state index in [1.54, 1.807) is 60.4 Å². The Bertz CT molecular complexity index is 915. The molecule has 0 spiro atoms. The second-order valence-electron chi connectivity index (χ2n) is 6.75. The lowest BCUT2D eigenvalue weighted by molar-refractivity contribution is 0.0535. The number of methoxy groups -OCH3 is 2. The molecule has 29 heavy (non-hydrogen) atoms. The number of hydrogen-bond donors (Lipinski definition) is 0. The SMILES string of the molecule is COc1cc(OC)cc(C(=O)N2CCN(C(=O)c3ccc4c(c3)OCO4)CC2)c1. The molecule has 0 unspecified atom stereocenters. The maximum absolute atomic E-state index is 12.9. The molecule has 0 saturated carbocycles. The number of carbonyl (C=O) groups is 2. The zero-order chi connectivity index (χ0) is 20.4. The molecule has 2 heterocycles. The van der Waals surface area contributed by atoms with Crippen LogP contribution in [-0.2, 0) is 0 Å². The number of benzene rings is 2. The van der Waals surface area contributed by atoms with Gasteiger partial charge in [-0.1, -0.05) is 0 Å². The number of piperazine rings is 1. The Balaban J connectivity index is 1.41. The van der Waals surface area contributed by atoms with Gasteiger partial charge in [0.15, 0.2) is 11.5 Å². The number of ether oxygens (including phenoxy) is 4. The highest BCUT2D eigenvalue weighted by Crippen LogP contribution is 2.33. The van der Waals surface area contributed by atoms with Crippen LogP contribution in [-0.4, -0.2) is 68.8 Å². The Labute approximate surface area is 168 Å². The van der Waals surface area contributed by atoms with E-state index >= 15 is 0 Å². The van der Waals surface area contributed by atoms with E-state index in [0.29, 0.717) is 60.3 Å².